The maximum Gasteiger partial charge on any atom is 0.330 e. The first-order valence-corrected chi connectivity index (χ1v) is 7.85. The monoisotopic (exact) mass is 296 g/mol. The van der Waals surface area contributed by atoms with Gasteiger partial charge in [0.05, 0.1) is 0 Å². The molecule has 0 aliphatic heterocycles. The summed E-state index contributed by atoms with van der Waals surface area (Å²) in [5.74, 6) is -0.0147. The van der Waals surface area contributed by atoms with Crippen LogP contribution >= 0.6 is 11.8 Å². The third-order valence-corrected chi connectivity index (χ3v) is 3.41. The molecule has 0 spiro atoms. The number of carboxylic acids is 1. The van der Waals surface area contributed by atoms with Crippen molar-refractivity contribution in [1.82, 2.24) is 10.6 Å². The molecule has 0 radical (unpaired) electrons. The van der Waals surface area contributed by atoms with Gasteiger partial charge in [-0.25, -0.2) is 9.59 Å². The van der Waals surface area contributed by atoms with Crippen LogP contribution in [0.1, 0.15) is 24.4 Å². The van der Waals surface area contributed by atoms with Crippen molar-refractivity contribution < 1.29 is 14.7 Å². The smallest absolute Gasteiger partial charge is 0.330 e. The van der Waals surface area contributed by atoms with Crippen LogP contribution in [0.5, 0.6) is 0 Å². The van der Waals surface area contributed by atoms with Gasteiger partial charge < -0.3 is 15.7 Å². The van der Waals surface area contributed by atoms with Crippen LogP contribution in [0, 0.1) is 0 Å². The zero-order chi connectivity index (χ0) is 14.8. The van der Waals surface area contributed by atoms with Crippen molar-refractivity contribution in [2.24, 2.45) is 0 Å². The van der Waals surface area contributed by atoms with E-state index >= 15 is 0 Å². The lowest BCUT2D eigenvalue weighted by atomic mass is 10.1. The molecule has 0 bridgehead atoms. The highest BCUT2D eigenvalue weighted by molar-refractivity contribution is 7.98. The summed E-state index contributed by atoms with van der Waals surface area (Å²) in [7, 11) is 0. The number of benzene rings is 1. The Balaban J connectivity index is 2.43. The number of carbonyl (C=O) groups excluding carboxylic acids is 1. The highest BCUT2D eigenvalue weighted by atomic mass is 32.2. The van der Waals surface area contributed by atoms with Gasteiger partial charge in [0, 0.05) is 6.54 Å². The number of urea groups is 1. The van der Waals surface area contributed by atoms with Gasteiger partial charge in [0.15, 0.2) is 6.04 Å². The molecule has 0 fully saturated rings. The first-order valence-electron chi connectivity index (χ1n) is 6.46. The number of amides is 2. The molecule has 0 aromatic heterocycles. The lowest BCUT2D eigenvalue weighted by Crippen LogP contribution is -2.41. The second-order valence-corrected chi connectivity index (χ2v) is 5.27. The topological polar surface area (TPSA) is 78.4 Å². The van der Waals surface area contributed by atoms with Gasteiger partial charge in [0.25, 0.3) is 0 Å². The molecule has 20 heavy (non-hydrogen) atoms. The van der Waals surface area contributed by atoms with Crippen LogP contribution in [0.25, 0.3) is 0 Å². The van der Waals surface area contributed by atoms with Crippen LogP contribution in [-0.4, -0.2) is 35.7 Å². The van der Waals surface area contributed by atoms with Gasteiger partial charge in [0.2, 0.25) is 0 Å². The van der Waals surface area contributed by atoms with Crippen molar-refractivity contribution in [2.75, 3.05) is 18.6 Å². The predicted octanol–water partition coefficient (Wildman–Crippen LogP) is 2.25. The average Bonchev–Trinajstić information content (AvgIpc) is 2.45. The van der Waals surface area contributed by atoms with Crippen molar-refractivity contribution in [3.8, 4) is 0 Å². The van der Waals surface area contributed by atoms with Crippen LogP contribution in [0.3, 0.4) is 0 Å². The van der Waals surface area contributed by atoms with Crippen molar-refractivity contribution in [1.29, 1.82) is 0 Å². The van der Waals surface area contributed by atoms with Crippen molar-refractivity contribution >= 4 is 23.8 Å². The van der Waals surface area contributed by atoms with Gasteiger partial charge in [-0.3, -0.25) is 0 Å². The third-order valence-electron chi connectivity index (χ3n) is 2.72. The normalized spacial score (nSPS) is 11.7. The van der Waals surface area contributed by atoms with Crippen molar-refractivity contribution in [3.05, 3.63) is 35.9 Å². The average molecular weight is 296 g/mol. The standard InChI is InChI=1S/C14H20N2O3S/c1-20-10-6-5-9-15-14(19)16-12(13(17)18)11-7-3-2-4-8-11/h2-4,7-8,12H,5-6,9-10H2,1H3,(H,17,18)(H2,15,16,19)/t12-/m1/s1. The molecule has 3 N–H and O–H groups in total. The van der Waals surface area contributed by atoms with Crippen LogP contribution in [-0.2, 0) is 4.79 Å². The molecule has 1 rings (SSSR count). The van der Waals surface area contributed by atoms with E-state index in [2.05, 4.69) is 10.6 Å². The van der Waals surface area contributed by atoms with E-state index in [1.165, 1.54) is 0 Å². The summed E-state index contributed by atoms with van der Waals surface area (Å²) in [6, 6.07) is 7.16. The highest BCUT2D eigenvalue weighted by Gasteiger charge is 2.21. The van der Waals surface area contributed by atoms with Gasteiger partial charge >= 0.3 is 12.0 Å². The van der Waals surface area contributed by atoms with E-state index in [1.807, 2.05) is 6.26 Å². The summed E-state index contributed by atoms with van der Waals surface area (Å²) in [6.45, 7) is 0.549. The predicted molar refractivity (Wildman–Crippen MR) is 81.0 cm³/mol. The van der Waals surface area contributed by atoms with Crippen molar-refractivity contribution in [3.63, 3.8) is 0 Å². The minimum absolute atomic E-state index is 0.453. The molecule has 110 valence electrons. The highest BCUT2D eigenvalue weighted by Crippen LogP contribution is 2.12. The number of unbranched alkanes of at least 4 members (excludes halogenated alkanes) is 1. The maximum absolute atomic E-state index is 11.7. The molecular weight excluding hydrogens is 276 g/mol. The molecule has 0 unspecified atom stereocenters. The molecule has 0 saturated carbocycles. The number of rotatable bonds is 8. The fourth-order valence-electron chi connectivity index (χ4n) is 1.69. The van der Waals surface area contributed by atoms with Gasteiger partial charge in [-0.05, 0) is 30.4 Å². The number of carbonyl (C=O) groups is 2. The molecule has 2 amide bonds. The Morgan fingerprint density at radius 2 is 1.95 bits per heavy atom. The second kappa shape index (κ2) is 9.25. The van der Waals surface area contributed by atoms with E-state index in [1.54, 1.807) is 42.1 Å². The molecule has 5 nitrogen and oxygen atoms in total. The van der Waals surface area contributed by atoms with E-state index in [0.29, 0.717) is 12.1 Å². The van der Waals surface area contributed by atoms with Gasteiger partial charge in [0.1, 0.15) is 0 Å². The fourth-order valence-corrected chi connectivity index (χ4v) is 2.18. The van der Waals surface area contributed by atoms with Gasteiger partial charge in [-0.15, -0.1) is 0 Å². The minimum Gasteiger partial charge on any atom is -0.479 e. The van der Waals surface area contributed by atoms with E-state index in [4.69, 9.17) is 0 Å². The Labute approximate surface area is 123 Å². The maximum atomic E-state index is 11.7. The van der Waals surface area contributed by atoms with E-state index in [-0.39, 0.29) is 0 Å². The molecular formula is C14H20N2O3S. The number of aliphatic carboxylic acids is 1. The Morgan fingerprint density at radius 3 is 2.55 bits per heavy atom. The zero-order valence-corrected chi connectivity index (χ0v) is 12.3. The first kappa shape index (κ1) is 16.4. The molecule has 1 aromatic rings. The quantitative estimate of drug-likeness (QED) is 0.643. The third kappa shape index (κ3) is 5.97. The van der Waals surface area contributed by atoms with Crippen LogP contribution in [0.15, 0.2) is 30.3 Å². The molecule has 0 aliphatic carbocycles. The molecule has 6 heteroatoms. The number of hydrogen-bond donors (Lipinski definition) is 3. The fraction of sp³-hybridized carbons (Fsp3) is 0.429. The summed E-state index contributed by atoms with van der Waals surface area (Å²) in [5, 5.41) is 14.3. The Morgan fingerprint density at radius 1 is 1.25 bits per heavy atom. The van der Waals surface area contributed by atoms with E-state index in [9.17, 15) is 14.7 Å². The number of carboxylic acid groups (broad SMARTS) is 1. The van der Waals surface area contributed by atoms with Crippen LogP contribution < -0.4 is 10.6 Å². The summed E-state index contributed by atoms with van der Waals surface area (Å²) >= 11 is 1.77. The van der Waals surface area contributed by atoms with Crippen LogP contribution in [0.2, 0.25) is 0 Å². The van der Waals surface area contributed by atoms with E-state index in [0.717, 1.165) is 18.6 Å². The Bertz CT molecular complexity index is 426. The number of hydrogen-bond acceptors (Lipinski definition) is 3. The molecule has 0 heterocycles. The van der Waals surface area contributed by atoms with Crippen LogP contribution in [0.4, 0.5) is 4.79 Å². The first-order chi connectivity index (χ1) is 9.65. The minimum atomic E-state index is -1.08. The second-order valence-electron chi connectivity index (χ2n) is 4.28. The van der Waals surface area contributed by atoms with Gasteiger partial charge in [-0.2, -0.15) is 11.8 Å². The number of thioether (sulfide) groups is 1. The SMILES string of the molecule is CSCCCCNC(=O)N[C@@H](C(=O)O)c1ccccc1. The molecule has 1 atom stereocenters. The van der Waals surface area contributed by atoms with Gasteiger partial charge in [-0.1, -0.05) is 30.3 Å². The summed E-state index contributed by atoms with van der Waals surface area (Å²) in [6.07, 6.45) is 3.96. The Hall–Kier alpha value is -1.69. The summed E-state index contributed by atoms with van der Waals surface area (Å²) in [4.78, 5) is 22.9. The Kier molecular flexibility index (Phi) is 7.57. The lowest BCUT2D eigenvalue weighted by Gasteiger charge is -2.15. The van der Waals surface area contributed by atoms with Crippen molar-refractivity contribution in [2.45, 2.75) is 18.9 Å². The lowest BCUT2D eigenvalue weighted by molar-refractivity contribution is -0.139. The molecule has 1 aromatic carbocycles. The number of nitrogens with one attached hydrogen (secondary N) is 2. The van der Waals surface area contributed by atoms with E-state index < -0.39 is 18.0 Å². The summed E-state index contributed by atoms with van der Waals surface area (Å²) < 4.78 is 0. The summed E-state index contributed by atoms with van der Waals surface area (Å²) in [5.41, 5.74) is 0.553. The molecule has 0 aliphatic rings. The largest absolute Gasteiger partial charge is 0.479 e. The molecule has 0 saturated heterocycles. The zero-order valence-electron chi connectivity index (χ0n) is 11.5.